The van der Waals surface area contributed by atoms with Crippen LogP contribution in [0, 0.1) is 35.0 Å². The van der Waals surface area contributed by atoms with Gasteiger partial charge in [-0.2, -0.15) is 10.2 Å². The fourth-order valence-electron chi connectivity index (χ4n) is 6.72. The maximum absolute atomic E-state index is 12.6. The van der Waals surface area contributed by atoms with Crippen LogP contribution in [0.4, 0.5) is 16.6 Å². The fourth-order valence-corrected chi connectivity index (χ4v) is 6.72. The molecular formula is C30H40N6O2. The van der Waals surface area contributed by atoms with Crippen LogP contribution in [0.2, 0.25) is 0 Å². The highest BCUT2D eigenvalue weighted by atomic mass is 16.5. The first-order valence-corrected chi connectivity index (χ1v) is 14.4. The SMILES string of the molecule is N#Cc1cnc(NCC2CCCCC2)nc1NCC1C[C@H]2CCC[C@@H](C1)[C@@H]2NC(=O)OCc1ccccc1. The number of nitrogens with one attached hydrogen (secondary N) is 3. The number of ether oxygens (including phenoxy) is 1. The molecule has 1 amide bonds. The zero-order chi connectivity index (χ0) is 26.2. The van der Waals surface area contributed by atoms with Crippen LogP contribution in [0.3, 0.4) is 0 Å². The molecular weight excluding hydrogens is 476 g/mol. The average molecular weight is 517 g/mol. The molecule has 0 radical (unpaired) electrons. The van der Waals surface area contributed by atoms with Crippen molar-refractivity contribution < 1.29 is 9.53 Å². The largest absolute Gasteiger partial charge is 0.445 e. The lowest BCUT2D eigenvalue weighted by Crippen LogP contribution is -2.52. The topological polar surface area (TPSA) is 112 Å². The number of anilines is 2. The molecule has 5 rings (SSSR count). The highest BCUT2D eigenvalue weighted by molar-refractivity contribution is 5.67. The summed E-state index contributed by atoms with van der Waals surface area (Å²) in [6.45, 7) is 1.95. The first-order valence-electron chi connectivity index (χ1n) is 14.4. The number of hydrogen-bond acceptors (Lipinski definition) is 7. The molecule has 3 N–H and O–H groups in total. The van der Waals surface area contributed by atoms with Crippen molar-refractivity contribution in [1.29, 1.82) is 5.26 Å². The van der Waals surface area contributed by atoms with Crippen LogP contribution in [-0.4, -0.2) is 35.2 Å². The van der Waals surface area contributed by atoms with Crippen molar-refractivity contribution in [3.63, 3.8) is 0 Å². The molecule has 0 aliphatic heterocycles. The van der Waals surface area contributed by atoms with E-state index in [1.807, 2.05) is 30.3 Å². The molecule has 2 bridgehead atoms. The monoisotopic (exact) mass is 516 g/mol. The lowest BCUT2D eigenvalue weighted by Gasteiger charge is -2.46. The number of amides is 1. The van der Waals surface area contributed by atoms with Crippen LogP contribution in [-0.2, 0) is 11.3 Å². The maximum Gasteiger partial charge on any atom is 0.407 e. The maximum atomic E-state index is 12.6. The van der Waals surface area contributed by atoms with E-state index >= 15 is 0 Å². The van der Waals surface area contributed by atoms with E-state index in [1.54, 1.807) is 6.20 Å². The number of nitriles is 1. The van der Waals surface area contributed by atoms with Crippen molar-refractivity contribution in [3.8, 4) is 6.07 Å². The summed E-state index contributed by atoms with van der Waals surface area (Å²) in [6, 6.07) is 12.2. The van der Waals surface area contributed by atoms with E-state index in [1.165, 1.54) is 38.5 Å². The Labute approximate surface area is 226 Å². The van der Waals surface area contributed by atoms with Crippen LogP contribution >= 0.6 is 0 Å². The normalized spacial score (nSPS) is 25.1. The lowest BCUT2D eigenvalue weighted by molar-refractivity contribution is 0.0732. The van der Waals surface area contributed by atoms with E-state index in [2.05, 4.69) is 32.0 Å². The summed E-state index contributed by atoms with van der Waals surface area (Å²) in [4.78, 5) is 21.6. The van der Waals surface area contributed by atoms with E-state index in [-0.39, 0.29) is 12.1 Å². The number of carbonyl (C=O) groups is 1. The standard InChI is InChI=1S/C30H40N6O2/c31-16-26-19-34-29(33-17-21-8-3-1-4-9-21)36-28(26)32-18-23-14-24-12-7-13-25(15-23)27(24)35-30(37)38-20-22-10-5-2-6-11-22/h2,5-6,10-11,19,21,23-25,27H,1,3-4,7-9,12-15,17-18,20H2,(H,35,37)(H2,32,33,34,36)/t23?,24-,25+,27-. The predicted molar refractivity (Wildman–Crippen MR) is 147 cm³/mol. The van der Waals surface area contributed by atoms with Crippen LogP contribution < -0.4 is 16.0 Å². The van der Waals surface area contributed by atoms with E-state index in [4.69, 9.17) is 4.74 Å². The third-order valence-electron chi connectivity index (χ3n) is 8.68. The molecule has 8 nitrogen and oxygen atoms in total. The van der Waals surface area contributed by atoms with Gasteiger partial charge in [-0.3, -0.25) is 0 Å². The third-order valence-corrected chi connectivity index (χ3v) is 8.68. The Kier molecular flexibility index (Phi) is 8.95. The van der Waals surface area contributed by atoms with E-state index in [9.17, 15) is 10.1 Å². The number of fused-ring (bicyclic) bond motifs is 2. The van der Waals surface area contributed by atoms with Gasteiger partial charge in [0, 0.05) is 19.1 Å². The second kappa shape index (κ2) is 12.9. The third kappa shape index (κ3) is 6.94. The first kappa shape index (κ1) is 26.3. The van der Waals surface area contributed by atoms with Crippen molar-refractivity contribution in [2.75, 3.05) is 23.7 Å². The van der Waals surface area contributed by atoms with Crippen molar-refractivity contribution in [1.82, 2.24) is 15.3 Å². The summed E-state index contributed by atoms with van der Waals surface area (Å²) in [5, 5.41) is 19.7. The average Bonchev–Trinajstić information content (AvgIpc) is 2.95. The Morgan fingerprint density at radius 3 is 2.42 bits per heavy atom. The van der Waals surface area contributed by atoms with Crippen molar-refractivity contribution in [2.24, 2.45) is 23.7 Å². The molecule has 4 atom stereocenters. The van der Waals surface area contributed by atoms with Gasteiger partial charge in [-0.15, -0.1) is 0 Å². The first-order chi connectivity index (χ1) is 18.7. The fraction of sp³-hybridized carbons (Fsp3) is 0.600. The van der Waals surface area contributed by atoms with E-state index in [0.717, 1.165) is 44.3 Å². The molecule has 1 aromatic heterocycles. The van der Waals surface area contributed by atoms with Gasteiger partial charge in [-0.05, 0) is 67.8 Å². The Bertz CT molecular complexity index is 1080. The number of benzene rings is 1. The van der Waals surface area contributed by atoms with Crippen LogP contribution in [0.5, 0.6) is 0 Å². The van der Waals surface area contributed by atoms with Gasteiger partial charge in [0.2, 0.25) is 5.95 Å². The van der Waals surface area contributed by atoms with Gasteiger partial charge in [0.1, 0.15) is 24.1 Å². The molecule has 1 unspecified atom stereocenters. The van der Waals surface area contributed by atoms with Gasteiger partial charge >= 0.3 is 6.09 Å². The molecule has 38 heavy (non-hydrogen) atoms. The Morgan fingerprint density at radius 2 is 1.68 bits per heavy atom. The molecule has 1 aromatic carbocycles. The van der Waals surface area contributed by atoms with Crippen LogP contribution in [0.15, 0.2) is 36.5 Å². The zero-order valence-corrected chi connectivity index (χ0v) is 22.2. The van der Waals surface area contributed by atoms with Crippen molar-refractivity contribution in [2.45, 2.75) is 76.9 Å². The molecule has 2 aromatic rings. The minimum Gasteiger partial charge on any atom is -0.445 e. The minimum absolute atomic E-state index is 0.174. The summed E-state index contributed by atoms with van der Waals surface area (Å²) < 4.78 is 5.51. The summed E-state index contributed by atoms with van der Waals surface area (Å²) in [5.74, 6) is 3.26. The molecule has 3 aliphatic carbocycles. The van der Waals surface area contributed by atoms with Gasteiger partial charge in [0.25, 0.3) is 0 Å². The van der Waals surface area contributed by atoms with Crippen LogP contribution in [0.25, 0.3) is 0 Å². The number of aromatic nitrogens is 2. The second-order valence-corrected chi connectivity index (χ2v) is 11.4. The summed E-state index contributed by atoms with van der Waals surface area (Å²) >= 11 is 0. The van der Waals surface area contributed by atoms with Gasteiger partial charge < -0.3 is 20.7 Å². The number of nitrogens with zero attached hydrogens (tertiary/aromatic N) is 3. The zero-order valence-electron chi connectivity index (χ0n) is 22.2. The van der Waals surface area contributed by atoms with Gasteiger partial charge in [0.05, 0.1) is 6.20 Å². The molecule has 202 valence electrons. The Balaban J connectivity index is 1.13. The molecule has 0 spiro atoms. The molecule has 0 saturated heterocycles. The highest BCUT2D eigenvalue weighted by Gasteiger charge is 2.41. The van der Waals surface area contributed by atoms with Crippen molar-refractivity contribution in [3.05, 3.63) is 47.7 Å². The Hall–Kier alpha value is -3.34. The summed E-state index contributed by atoms with van der Waals surface area (Å²) in [6.07, 6.45) is 13.4. The Morgan fingerprint density at radius 1 is 0.947 bits per heavy atom. The number of alkyl carbamates (subject to hydrolysis) is 1. The minimum atomic E-state index is -0.319. The molecule has 8 heteroatoms. The van der Waals surface area contributed by atoms with E-state index < -0.39 is 0 Å². The molecule has 1 heterocycles. The number of rotatable bonds is 9. The van der Waals surface area contributed by atoms with Crippen LogP contribution in [0.1, 0.15) is 75.3 Å². The molecule has 3 aliphatic rings. The highest BCUT2D eigenvalue weighted by Crippen LogP contribution is 2.43. The summed E-state index contributed by atoms with van der Waals surface area (Å²) in [5.41, 5.74) is 1.47. The molecule has 3 fully saturated rings. The quantitative estimate of drug-likeness (QED) is 0.382. The van der Waals surface area contributed by atoms with Gasteiger partial charge in [-0.25, -0.2) is 9.78 Å². The smallest absolute Gasteiger partial charge is 0.407 e. The van der Waals surface area contributed by atoms with Gasteiger partial charge in [-0.1, -0.05) is 56.0 Å². The second-order valence-electron chi connectivity index (χ2n) is 11.4. The van der Waals surface area contributed by atoms with Crippen molar-refractivity contribution >= 4 is 17.9 Å². The van der Waals surface area contributed by atoms with E-state index in [0.29, 0.717) is 47.6 Å². The summed E-state index contributed by atoms with van der Waals surface area (Å²) in [7, 11) is 0. The molecule has 3 saturated carbocycles. The van der Waals surface area contributed by atoms with Gasteiger partial charge in [0.15, 0.2) is 0 Å². The predicted octanol–water partition coefficient (Wildman–Crippen LogP) is 5.87. The lowest BCUT2D eigenvalue weighted by atomic mass is 9.64. The number of carbonyl (C=O) groups excluding carboxylic acids is 1. The number of hydrogen-bond donors (Lipinski definition) is 3.